The highest BCUT2D eigenvalue weighted by atomic mass is 19.4. The van der Waals surface area contributed by atoms with Crippen LogP contribution in [0.2, 0.25) is 0 Å². The van der Waals surface area contributed by atoms with Gasteiger partial charge in [-0.1, -0.05) is 31.2 Å². The molecule has 4 nitrogen and oxygen atoms in total. The van der Waals surface area contributed by atoms with Crippen LogP contribution in [0, 0.1) is 0 Å². The Morgan fingerprint density at radius 1 is 1.03 bits per heavy atom. The largest absolute Gasteiger partial charge is 0.488 e. The van der Waals surface area contributed by atoms with Gasteiger partial charge in [0.25, 0.3) is 0 Å². The molecular weight excluding hydrogens is 379 g/mol. The van der Waals surface area contributed by atoms with Crippen LogP contribution in [0.25, 0.3) is 11.3 Å². The van der Waals surface area contributed by atoms with Gasteiger partial charge in [-0.15, -0.1) is 0 Å². The van der Waals surface area contributed by atoms with Crippen molar-refractivity contribution in [2.24, 2.45) is 5.84 Å². The molecule has 1 aromatic heterocycles. The lowest BCUT2D eigenvalue weighted by Crippen LogP contribution is -2.26. The van der Waals surface area contributed by atoms with Crippen LogP contribution >= 0.6 is 0 Å². The van der Waals surface area contributed by atoms with Crippen LogP contribution in [-0.2, 0) is 19.2 Å². The molecule has 0 unspecified atom stereocenters. The molecule has 29 heavy (non-hydrogen) atoms. The number of anilines is 1. The van der Waals surface area contributed by atoms with E-state index in [0.717, 1.165) is 11.8 Å². The lowest BCUT2D eigenvalue weighted by molar-refractivity contribution is -0.139. The molecule has 0 aliphatic heterocycles. The molecular formula is C22H22F3N3O. The summed E-state index contributed by atoms with van der Waals surface area (Å²) in [6.45, 7) is 1.91. The molecule has 0 saturated heterocycles. The quantitative estimate of drug-likeness (QED) is 0.455. The van der Waals surface area contributed by atoms with Gasteiger partial charge in [0.15, 0.2) is 0 Å². The molecule has 0 amide bonds. The number of hydrogen-bond acceptors (Lipinski definition) is 4. The first-order chi connectivity index (χ1) is 13.8. The summed E-state index contributed by atoms with van der Waals surface area (Å²) in [5.41, 5.74) is 2.24. The third kappa shape index (κ3) is 4.86. The first kappa shape index (κ1) is 20.7. The highest BCUT2D eigenvalue weighted by molar-refractivity contribution is 5.63. The Morgan fingerprint density at radius 3 is 2.48 bits per heavy atom. The minimum Gasteiger partial charge on any atom is -0.488 e. The van der Waals surface area contributed by atoms with E-state index in [2.05, 4.69) is 4.98 Å². The Bertz CT molecular complexity index is 987. The Balaban J connectivity index is 1.93. The third-order valence-electron chi connectivity index (χ3n) is 4.50. The van der Waals surface area contributed by atoms with Gasteiger partial charge in [-0.3, -0.25) is 4.98 Å². The van der Waals surface area contributed by atoms with Crippen molar-refractivity contribution >= 4 is 5.69 Å². The summed E-state index contributed by atoms with van der Waals surface area (Å²) >= 11 is 0. The fraction of sp³-hybridized carbons (Fsp3) is 0.227. The van der Waals surface area contributed by atoms with Crippen molar-refractivity contribution in [3.8, 4) is 17.0 Å². The molecule has 0 fully saturated rings. The van der Waals surface area contributed by atoms with Crippen molar-refractivity contribution in [3.05, 3.63) is 77.5 Å². The zero-order valence-electron chi connectivity index (χ0n) is 16.2. The molecule has 3 aromatic rings. The summed E-state index contributed by atoms with van der Waals surface area (Å²) < 4.78 is 46.6. The highest BCUT2D eigenvalue weighted by Crippen LogP contribution is 2.39. The summed E-state index contributed by atoms with van der Waals surface area (Å²) in [6, 6.07) is 16.5. The van der Waals surface area contributed by atoms with E-state index in [1.807, 2.05) is 13.0 Å². The van der Waals surface area contributed by atoms with Gasteiger partial charge < -0.3 is 9.75 Å². The van der Waals surface area contributed by atoms with Crippen molar-refractivity contribution in [1.29, 1.82) is 0 Å². The van der Waals surface area contributed by atoms with Gasteiger partial charge in [-0.05, 0) is 42.8 Å². The van der Waals surface area contributed by atoms with Crippen LogP contribution in [0.4, 0.5) is 18.9 Å². The van der Waals surface area contributed by atoms with Crippen molar-refractivity contribution in [2.45, 2.75) is 26.1 Å². The zero-order valence-corrected chi connectivity index (χ0v) is 16.2. The number of rotatable bonds is 6. The van der Waals surface area contributed by atoms with Gasteiger partial charge in [-0.2, -0.15) is 13.2 Å². The van der Waals surface area contributed by atoms with Crippen molar-refractivity contribution < 1.29 is 17.9 Å². The van der Waals surface area contributed by atoms with Crippen LogP contribution in [0.1, 0.15) is 23.7 Å². The SMILES string of the molecule is CCc1cccc(-c2ccc(OCc3ccccc3N(C)N)c(C(F)(F)F)c2)n1. The van der Waals surface area contributed by atoms with E-state index in [9.17, 15) is 13.2 Å². The fourth-order valence-corrected chi connectivity index (χ4v) is 3.01. The lowest BCUT2D eigenvalue weighted by Gasteiger charge is -2.19. The number of ether oxygens (including phenoxy) is 1. The van der Waals surface area contributed by atoms with Crippen molar-refractivity contribution in [3.63, 3.8) is 0 Å². The highest BCUT2D eigenvalue weighted by Gasteiger charge is 2.35. The third-order valence-corrected chi connectivity index (χ3v) is 4.50. The van der Waals surface area contributed by atoms with Gasteiger partial charge in [-0.25, -0.2) is 5.84 Å². The second kappa shape index (κ2) is 8.53. The molecule has 2 N–H and O–H groups in total. The molecule has 0 aliphatic rings. The number of alkyl halides is 3. The molecule has 0 bridgehead atoms. The lowest BCUT2D eigenvalue weighted by atomic mass is 10.1. The van der Waals surface area contributed by atoms with E-state index in [4.69, 9.17) is 10.6 Å². The van der Waals surface area contributed by atoms with Crippen LogP contribution in [0.5, 0.6) is 5.75 Å². The monoisotopic (exact) mass is 401 g/mol. The molecule has 1 heterocycles. The van der Waals surface area contributed by atoms with Gasteiger partial charge in [0.1, 0.15) is 12.4 Å². The van der Waals surface area contributed by atoms with Crippen LogP contribution in [0.3, 0.4) is 0 Å². The Labute approximate surface area is 167 Å². The Kier molecular flexibility index (Phi) is 6.08. The average Bonchev–Trinajstić information content (AvgIpc) is 2.71. The molecule has 0 atom stereocenters. The number of para-hydroxylation sites is 1. The number of halogens is 3. The number of hydrazine groups is 1. The van der Waals surface area contributed by atoms with E-state index in [-0.39, 0.29) is 12.4 Å². The maximum absolute atomic E-state index is 13.7. The molecule has 0 spiro atoms. The summed E-state index contributed by atoms with van der Waals surface area (Å²) in [7, 11) is 1.66. The maximum atomic E-state index is 13.7. The van der Waals surface area contributed by atoms with Crippen LogP contribution in [-0.4, -0.2) is 12.0 Å². The summed E-state index contributed by atoms with van der Waals surface area (Å²) in [4.78, 5) is 4.41. The van der Waals surface area contributed by atoms with E-state index < -0.39 is 11.7 Å². The predicted molar refractivity (Wildman–Crippen MR) is 107 cm³/mol. The molecule has 0 aliphatic carbocycles. The number of benzene rings is 2. The summed E-state index contributed by atoms with van der Waals surface area (Å²) in [5.74, 6) is 5.55. The van der Waals surface area contributed by atoms with E-state index >= 15 is 0 Å². The van der Waals surface area contributed by atoms with Gasteiger partial charge in [0.2, 0.25) is 0 Å². The van der Waals surface area contributed by atoms with Crippen LogP contribution in [0.15, 0.2) is 60.7 Å². The maximum Gasteiger partial charge on any atom is 0.419 e. The fourth-order valence-electron chi connectivity index (χ4n) is 3.01. The van der Waals surface area contributed by atoms with Gasteiger partial charge in [0.05, 0.1) is 16.9 Å². The van der Waals surface area contributed by atoms with E-state index in [1.54, 1.807) is 49.5 Å². The minimum absolute atomic E-state index is 0.0380. The summed E-state index contributed by atoms with van der Waals surface area (Å²) in [5, 5.41) is 1.40. The smallest absolute Gasteiger partial charge is 0.419 e. The first-order valence-corrected chi connectivity index (χ1v) is 9.16. The Hall–Kier alpha value is -3.06. The van der Waals surface area contributed by atoms with Gasteiger partial charge >= 0.3 is 6.18 Å². The summed E-state index contributed by atoms with van der Waals surface area (Å²) in [6.07, 6.45) is -3.85. The molecule has 2 aromatic carbocycles. The minimum atomic E-state index is -4.56. The number of hydrogen-bond donors (Lipinski definition) is 1. The molecule has 3 rings (SSSR count). The number of nitrogens with zero attached hydrogens (tertiary/aromatic N) is 2. The van der Waals surface area contributed by atoms with E-state index in [1.165, 1.54) is 11.1 Å². The first-order valence-electron chi connectivity index (χ1n) is 9.16. The second-order valence-corrected chi connectivity index (χ2v) is 6.60. The number of pyridine rings is 1. The number of aromatic nitrogens is 1. The predicted octanol–water partition coefficient (Wildman–Crippen LogP) is 5.22. The number of nitrogens with two attached hydrogens (primary N) is 1. The van der Waals surface area contributed by atoms with Crippen molar-refractivity contribution in [1.82, 2.24) is 4.98 Å². The molecule has 7 heteroatoms. The Morgan fingerprint density at radius 2 is 1.79 bits per heavy atom. The van der Waals surface area contributed by atoms with Crippen LogP contribution < -0.4 is 15.6 Å². The topological polar surface area (TPSA) is 51.4 Å². The average molecular weight is 401 g/mol. The number of aryl methyl sites for hydroxylation is 1. The van der Waals surface area contributed by atoms with Crippen molar-refractivity contribution in [2.75, 3.05) is 12.1 Å². The second-order valence-electron chi connectivity index (χ2n) is 6.60. The molecule has 0 saturated carbocycles. The standard InChI is InChI=1S/C22H22F3N3O/c1-3-17-8-6-9-19(27-17)15-11-12-21(18(13-15)22(23,24)25)29-14-16-7-4-5-10-20(16)28(2)26/h4-13H,3,14,26H2,1-2H3. The van der Waals surface area contributed by atoms with E-state index in [0.29, 0.717) is 28.9 Å². The molecule has 152 valence electrons. The van der Waals surface area contributed by atoms with Gasteiger partial charge in [0, 0.05) is 23.9 Å². The zero-order chi connectivity index (χ0) is 21.0. The molecule has 0 radical (unpaired) electrons. The normalized spacial score (nSPS) is 11.4.